The molecule has 1 aromatic rings. The molecule has 2 heterocycles. The number of esters is 1. The fourth-order valence-corrected chi connectivity index (χ4v) is 2.23. The lowest BCUT2D eigenvalue weighted by Gasteiger charge is -2.31. The molecule has 7 nitrogen and oxygen atoms in total. The maximum Gasteiger partial charge on any atom is 0.336 e. The monoisotopic (exact) mass is 281 g/mol. The van der Waals surface area contributed by atoms with Gasteiger partial charge in [-0.15, -0.1) is 0 Å². The van der Waals surface area contributed by atoms with E-state index in [4.69, 9.17) is 4.74 Å². The fraction of sp³-hybridized carbons (Fsp3) is 0.615. The first-order valence-corrected chi connectivity index (χ1v) is 6.60. The van der Waals surface area contributed by atoms with Crippen molar-refractivity contribution in [1.29, 1.82) is 0 Å². The highest BCUT2D eigenvalue weighted by atomic mass is 16.6. The zero-order valence-corrected chi connectivity index (χ0v) is 12.0. The summed E-state index contributed by atoms with van der Waals surface area (Å²) in [5, 5.41) is 4.26. The van der Waals surface area contributed by atoms with Crippen molar-refractivity contribution in [3.63, 3.8) is 0 Å². The van der Waals surface area contributed by atoms with Gasteiger partial charge in [0, 0.05) is 13.1 Å². The molecule has 1 aromatic heterocycles. The molecule has 7 heteroatoms. The number of methoxy groups -OCH3 is 1. The molecular weight excluding hydrogens is 262 g/mol. The molecule has 1 fully saturated rings. The highest BCUT2D eigenvalue weighted by Crippen LogP contribution is 2.13. The predicted molar refractivity (Wildman–Crippen MR) is 70.3 cm³/mol. The Kier molecular flexibility index (Phi) is 4.39. The van der Waals surface area contributed by atoms with Crippen molar-refractivity contribution in [2.75, 3.05) is 26.8 Å². The SMILES string of the molecule is CCn1nc(C)cc1C(=O)N1CCOC(C(=O)OC)C1. The molecule has 1 atom stereocenters. The average molecular weight is 281 g/mol. The number of hydrogen-bond donors (Lipinski definition) is 0. The number of aryl methyl sites for hydroxylation is 2. The van der Waals surface area contributed by atoms with Crippen molar-refractivity contribution in [3.05, 3.63) is 17.5 Å². The number of morpholine rings is 1. The van der Waals surface area contributed by atoms with Crippen LogP contribution in [-0.2, 0) is 20.8 Å². The van der Waals surface area contributed by atoms with Crippen LogP contribution in [0.1, 0.15) is 23.1 Å². The van der Waals surface area contributed by atoms with E-state index in [1.807, 2.05) is 13.8 Å². The number of aromatic nitrogens is 2. The van der Waals surface area contributed by atoms with E-state index in [0.717, 1.165) is 5.69 Å². The van der Waals surface area contributed by atoms with Gasteiger partial charge in [-0.1, -0.05) is 0 Å². The van der Waals surface area contributed by atoms with E-state index in [2.05, 4.69) is 9.84 Å². The molecule has 2 rings (SSSR count). The Morgan fingerprint density at radius 3 is 2.95 bits per heavy atom. The molecule has 0 bridgehead atoms. The Balaban J connectivity index is 2.14. The number of hydrogen-bond acceptors (Lipinski definition) is 5. The number of carbonyl (C=O) groups is 2. The Morgan fingerprint density at radius 2 is 2.30 bits per heavy atom. The molecular formula is C13H19N3O4. The summed E-state index contributed by atoms with van der Waals surface area (Å²) in [4.78, 5) is 25.6. The third-order valence-corrected chi connectivity index (χ3v) is 3.24. The van der Waals surface area contributed by atoms with E-state index < -0.39 is 12.1 Å². The number of amides is 1. The van der Waals surface area contributed by atoms with Crippen molar-refractivity contribution in [1.82, 2.24) is 14.7 Å². The van der Waals surface area contributed by atoms with Gasteiger partial charge in [0.25, 0.3) is 5.91 Å². The molecule has 1 unspecified atom stereocenters. The Hall–Kier alpha value is -1.89. The van der Waals surface area contributed by atoms with E-state index in [-0.39, 0.29) is 12.5 Å². The van der Waals surface area contributed by atoms with Crippen LogP contribution >= 0.6 is 0 Å². The summed E-state index contributed by atoms with van der Waals surface area (Å²) in [6.45, 7) is 5.39. The van der Waals surface area contributed by atoms with Crippen molar-refractivity contribution >= 4 is 11.9 Å². The second-order valence-electron chi connectivity index (χ2n) is 4.62. The molecule has 0 saturated carbocycles. The van der Waals surface area contributed by atoms with Gasteiger partial charge in [-0.25, -0.2) is 4.79 Å². The van der Waals surface area contributed by atoms with E-state index in [1.165, 1.54) is 7.11 Å². The molecule has 110 valence electrons. The topological polar surface area (TPSA) is 73.7 Å². The zero-order chi connectivity index (χ0) is 14.7. The largest absolute Gasteiger partial charge is 0.467 e. The zero-order valence-electron chi connectivity index (χ0n) is 12.0. The maximum atomic E-state index is 12.5. The fourth-order valence-electron chi connectivity index (χ4n) is 2.23. The van der Waals surface area contributed by atoms with E-state index in [9.17, 15) is 9.59 Å². The summed E-state index contributed by atoms with van der Waals surface area (Å²) in [6.07, 6.45) is -0.711. The van der Waals surface area contributed by atoms with Crippen LogP contribution in [0, 0.1) is 6.92 Å². The third kappa shape index (κ3) is 2.82. The van der Waals surface area contributed by atoms with Gasteiger partial charge in [0.05, 0.1) is 26.0 Å². The summed E-state index contributed by atoms with van der Waals surface area (Å²) in [6, 6.07) is 1.76. The van der Waals surface area contributed by atoms with Gasteiger partial charge in [-0.3, -0.25) is 9.48 Å². The van der Waals surface area contributed by atoms with Crippen LogP contribution in [0.15, 0.2) is 6.07 Å². The van der Waals surface area contributed by atoms with Crippen LogP contribution in [0.3, 0.4) is 0 Å². The molecule has 1 aliphatic heterocycles. The van der Waals surface area contributed by atoms with Gasteiger partial charge in [0.15, 0.2) is 6.10 Å². The van der Waals surface area contributed by atoms with E-state index in [1.54, 1.807) is 15.6 Å². The molecule has 0 N–H and O–H groups in total. The lowest BCUT2D eigenvalue weighted by molar-refractivity contribution is -0.158. The van der Waals surface area contributed by atoms with E-state index >= 15 is 0 Å². The summed E-state index contributed by atoms with van der Waals surface area (Å²) in [5.41, 5.74) is 1.34. The number of rotatable bonds is 3. The lowest BCUT2D eigenvalue weighted by Crippen LogP contribution is -2.49. The standard InChI is InChI=1S/C13H19N3O4/c1-4-16-10(7-9(2)14-16)12(17)15-5-6-20-11(8-15)13(18)19-3/h7,11H,4-6,8H2,1-3H3. The molecule has 1 amide bonds. The summed E-state index contributed by atoms with van der Waals surface area (Å²) in [7, 11) is 1.31. The second-order valence-corrected chi connectivity index (χ2v) is 4.62. The van der Waals surface area contributed by atoms with Crippen LogP contribution in [-0.4, -0.2) is 59.5 Å². The first kappa shape index (κ1) is 14.5. The number of nitrogens with zero attached hydrogens (tertiary/aromatic N) is 3. The quantitative estimate of drug-likeness (QED) is 0.741. The number of ether oxygens (including phenoxy) is 2. The van der Waals surface area contributed by atoms with Gasteiger partial charge >= 0.3 is 5.97 Å². The summed E-state index contributed by atoms with van der Waals surface area (Å²) < 4.78 is 11.6. The summed E-state index contributed by atoms with van der Waals surface area (Å²) in [5.74, 6) is -0.590. The minimum atomic E-state index is -0.711. The summed E-state index contributed by atoms with van der Waals surface area (Å²) >= 11 is 0. The number of carbonyl (C=O) groups excluding carboxylic acids is 2. The van der Waals surface area contributed by atoms with Crippen LogP contribution in [0.4, 0.5) is 0 Å². The van der Waals surface area contributed by atoms with Crippen molar-refractivity contribution < 1.29 is 19.1 Å². The van der Waals surface area contributed by atoms with Gasteiger partial charge in [-0.2, -0.15) is 5.10 Å². The van der Waals surface area contributed by atoms with Crippen LogP contribution in [0.5, 0.6) is 0 Å². The van der Waals surface area contributed by atoms with Gasteiger partial charge in [0.2, 0.25) is 0 Å². The van der Waals surface area contributed by atoms with Crippen LogP contribution in [0.2, 0.25) is 0 Å². The molecule has 1 saturated heterocycles. The Bertz CT molecular complexity index is 512. The molecule has 0 radical (unpaired) electrons. The van der Waals surface area contributed by atoms with Gasteiger partial charge < -0.3 is 14.4 Å². The maximum absolute atomic E-state index is 12.5. The molecule has 0 aliphatic carbocycles. The first-order valence-electron chi connectivity index (χ1n) is 6.60. The first-order chi connectivity index (χ1) is 9.56. The van der Waals surface area contributed by atoms with E-state index in [0.29, 0.717) is 25.4 Å². The minimum absolute atomic E-state index is 0.135. The average Bonchev–Trinajstić information content (AvgIpc) is 2.86. The second kappa shape index (κ2) is 6.04. The Labute approximate surface area is 117 Å². The van der Waals surface area contributed by atoms with Crippen molar-refractivity contribution in [2.45, 2.75) is 26.5 Å². The smallest absolute Gasteiger partial charge is 0.336 e. The normalized spacial score (nSPS) is 18.9. The van der Waals surface area contributed by atoms with Crippen molar-refractivity contribution in [3.8, 4) is 0 Å². The molecule has 1 aliphatic rings. The van der Waals surface area contributed by atoms with Gasteiger partial charge in [0.1, 0.15) is 5.69 Å². The van der Waals surface area contributed by atoms with Crippen molar-refractivity contribution in [2.24, 2.45) is 0 Å². The highest BCUT2D eigenvalue weighted by molar-refractivity contribution is 5.93. The van der Waals surface area contributed by atoms with Crippen LogP contribution < -0.4 is 0 Å². The molecule has 0 spiro atoms. The third-order valence-electron chi connectivity index (χ3n) is 3.24. The molecule has 20 heavy (non-hydrogen) atoms. The molecule has 0 aromatic carbocycles. The van der Waals surface area contributed by atoms with Crippen LogP contribution in [0.25, 0.3) is 0 Å². The lowest BCUT2D eigenvalue weighted by atomic mass is 10.2. The minimum Gasteiger partial charge on any atom is -0.467 e. The van der Waals surface area contributed by atoms with Gasteiger partial charge in [-0.05, 0) is 19.9 Å². The predicted octanol–water partition coefficient (Wildman–Crippen LogP) is 0.225. The highest BCUT2D eigenvalue weighted by Gasteiger charge is 2.31. The Morgan fingerprint density at radius 1 is 1.55 bits per heavy atom.